The Kier molecular flexibility index (Phi) is 3.12. The van der Waals surface area contributed by atoms with Gasteiger partial charge in [-0.3, -0.25) is 0 Å². The van der Waals surface area contributed by atoms with Gasteiger partial charge < -0.3 is 0 Å². The molecular formula is C10H7F5. The van der Waals surface area contributed by atoms with E-state index in [2.05, 4.69) is 6.58 Å². The average Bonchev–Trinajstić information content (AvgIpc) is 2.18. The number of benzene rings is 1. The fourth-order valence-corrected chi connectivity index (χ4v) is 1.13. The minimum Gasteiger partial charge on any atom is -0.212 e. The van der Waals surface area contributed by atoms with Gasteiger partial charge in [0.15, 0.2) is 23.3 Å². The molecule has 0 aliphatic rings. The number of rotatable bonds is 2. The topological polar surface area (TPSA) is 0 Å². The van der Waals surface area contributed by atoms with Gasteiger partial charge in [0.05, 0.1) is 5.83 Å². The maximum Gasteiger partial charge on any atom is 0.165 e. The van der Waals surface area contributed by atoms with E-state index in [1.807, 2.05) is 0 Å². The summed E-state index contributed by atoms with van der Waals surface area (Å²) >= 11 is 0. The predicted octanol–water partition coefficient (Wildman–Crippen LogP) is 3.58. The highest BCUT2D eigenvalue weighted by Gasteiger charge is 2.23. The Morgan fingerprint density at radius 3 is 1.73 bits per heavy atom. The summed E-state index contributed by atoms with van der Waals surface area (Å²) in [6, 6.07) is 0. The van der Waals surface area contributed by atoms with Crippen LogP contribution in [0.1, 0.15) is 11.1 Å². The van der Waals surface area contributed by atoms with Crippen LogP contribution in [-0.4, -0.2) is 0 Å². The van der Waals surface area contributed by atoms with Crippen LogP contribution in [0.3, 0.4) is 0 Å². The highest BCUT2D eigenvalue weighted by Crippen LogP contribution is 2.25. The summed E-state index contributed by atoms with van der Waals surface area (Å²) in [5.41, 5.74) is -1.75. The first kappa shape index (κ1) is 11.7. The molecule has 0 unspecified atom stereocenters. The van der Waals surface area contributed by atoms with E-state index in [0.29, 0.717) is 0 Å². The van der Waals surface area contributed by atoms with Gasteiger partial charge in [0.25, 0.3) is 0 Å². The molecule has 0 nitrogen and oxygen atoms in total. The predicted molar refractivity (Wildman–Crippen MR) is 45.0 cm³/mol. The Bertz CT molecular complexity index is 393. The van der Waals surface area contributed by atoms with E-state index in [0.717, 1.165) is 6.92 Å². The van der Waals surface area contributed by atoms with E-state index in [4.69, 9.17) is 0 Å². The van der Waals surface area contributed by atoms with Crippen molar-refractivity contribution in [2.24, 2.45) is 0 Å². The fourth-order valence-electron chi connectivity index (χ4n) is 1.13. The van der Waals surface area contributed by atoms with Gasteiger partial charge in [-0.05, 0) is 6.92 Å². The van der Waals surface area contributed by atoms with Crippen molar-refractivity contribution >= 4 is 0 Å². The van der Waals surface area contributed by atoms with Gasteiger partial charge in [0.2, 0.25) is 0 Å². The molecule has 0 spiro atoms. The Labute approximate surface area is 83.0 Å². The highest BCUT2D eigenvalue weighted by atomic mass is 19.2. The standard InChI is InChI=1S/C10H7F5/c1-4(11)3-6-9(14)7(12)5(2)8(13)10(6)15/h1,3H2,2H3. The van der Waals surface area contributed by atoms with Crippen LogP contribution in [0.5, 0.6) is 0 Å². The normalized spacial score (nSPS) is 10.5. The first-order valence-electron chi connectivity index (χ1n) is 4.01. The fraction of sp³-hybridized carbons (Fsp3) is 0.200. The molecule has 0 heterocycles. The Hall–Kier alpha value is -1.39. The summed E-state index contributed by atoms with van der Waals surface area (Å²) < 4.78 is 64.4. The number of allylic oxidation sites excluding steroid dienone is 1. The van der Waals surface area contributed by atoms with Crippen molar-refractivity contribution in [3.05, 3.63) is 46.8 Å². The van der Waals surface area contributed by atoms with Crippen molar-refractivity contribution in [3.63, 3.8) is 0 Å². The second kappa shape index (κ2) is 4.00. The maximum atomic E-state index is 13.1. The summed E-state index contributed by atoms with van der Waals surface area (Å²) in [6.45, 7) is 3.66. The van der Waals surface area contributed by atoms with Crippen molar-refractivity contribution in [1.29, 1.82) is 0 Å². The Morgan fingerprint density at radius 1 is 1.00 bits per heavy atom. The lowest BCUT2D eigenvalue weighted by Crippen LogP contribution is -2.06. The molecule has 0 radical (unpaired) electrons. The third-order valence-corrected chi connectivity index (χ3v) is 1.94. The lowest BCUT2D eigenvalue weighted by molar-refractivity contribution is 0.429. The van der Waals surface area contributed by atoms with Crippen molar-refractivity contribution in [2.45, 2.75) is 13.3 Å². The zero-order valence-corrected chi connectivity index (χ0v) is 7.80. The molecule has 0 fully saturated rings. The molecule has 0 amide bonds. The van der Waals surface area contributed by atoms with Gasteiger partial charge in [-0.15, -0.1) is 0 Å². The number of halogens is 5. The van der Waals surface area contributed by atoms with Crippen LogP contribution < -0.4 is 0 Å². The summed E-state index contributed by atoms with van der Waals surface area (Å²) in [5.74, 6) is -7.25. The zero-order valence-electron chi connectivity index (χ0n) is 7.80. The van der Waals surface area contributed by atoms with Crippen molar-refractivity contribution in [1.82, 2.24) is 0 Å². The van der Waals surface area contributed by atoms with Gasteiger partial charge in [0, 0.05) is 17.5 Å². The number of hydrogen-bond acceptors (Lipinski definition) is 0. The summed E-state index contributed by atoms with van der Waals surface area (Å²) in [4.78, 5) is 0. The molecule has 0 N–H and O–H groups in total. The van der Waals surface area contributed by atoms with Gasteiger partial charge >= 0.3 is 0 Å². The van der Waals surface area contributed by atoms with Crippen LogP contribution in [0.2, 0.25) is 0 Å². The van der Waals surface area contributed by atoms with E-state index >= 15 is 0 Å². The zero-order chi connectivity index (χ0) is 11.7. The van der Waals surface area contributed by atoms with E-state index in [-0.39, 0.29) is 0 Å². The van der Waals surface area contributed by atoms with Crippen LogP contribution in [0.25, 0.3) is 0 Å². The Morgan fingerprint density at radius 2 is 1.40 bits per heavy atom. The summed E-state index contributed by atoms with van der Waals surface area (Å²) in [7, 11) is 0. The van der Waals surface area contributed by atoms with Crippen LogP contribution >= 0.6 is 0 Å². The molecule has 82 valence electrons. The highest BCUT2D eigenvalue weighted by molar-refractivity contribution is 5.30. The van der Waals surface area contributed by atoms with Crippen LogP contribution in [0.15, 0.2) is 12.4 Å². The van der Waals surface area contributed by atoms with E-state index < -0.39 is 46.6 Å². The first-order chi connectivity index (χ1) is 6.86. The van der Waals surface area contributed by atoms with Gasteiger partial charge in [0.1, 0.15) is 0 Å². The van der Waals surface area contributed by atoms with Crippen molar-refractivity contribution < 1.29 is 22.0 Å². The largest absolute Gasteiger partial charge is 0.212 e. The minimum atomic E-state index is -1.58. The molecule has 15 heavy (non-hydrogen) atoms. The third-order valence-electron chi connectivity index (χ3n) is 1.94. The second-order valence-electron chi connectivity index (χ2n) is 3.05. The maximum absolute atomic E-state index is 13.1. The minimum absolute atomic E-state index is 0.766. The van der Waals surface area contributed by atoms with Crippen molar-refractivity contribution in [2.75, 3.05) is 0 Å². The molecule has 0 aliphatic carbocycles. The number of hydrogen-bond donors (Lipinski definition) is 0. The molecule has 1 rings (SSSR count). The molecule has 0 aromatic heterocycles. The third kappa shape index (κ3) is 2.00. The molecular weight excluding hydrogens is 215 g/mol. The molecule has 1 aromatic carbocycles. The van der Waals surface area contributed by atoms with E-state index in [1.165, 1.54) is 0 Å². The van der Waals surface area contributed by atoms with Crippen molar-refractivity contribution in [3.8, 4) is 0 Å². The molecule has 0 saturated carbocycles. The quantitative estimate of drug-likeness (QED) is 0.530. The first-order valence-corrected chi connectivity index (χ1v) is 4.01. The molecule has 0 saturated heterocycles. The van der Waals surface area contributed by atoms with Gasteiger partial charge in [-0.1, -0.05) is 6.58 Å². The lowest BCUT2D eigenvalue weighted by atomic mass is 10.1. The van der Waals surface area contributed by atoms with Gasteiger partial charge in [-0.2, -0.15) is 0 Å². The van der Waals surface area contributed by atoms with E-state index in [9.17, 15) is 22.0 Å². The lowest BCUT2D eigenvalue weighted by Gasteiger charge is -2.08. The van der Waals surface area contributed by atoms with Gasteiger partial charge in [-0.25, -0.2) is 22.0 Å². The Balaban J connectivity index is 3.45. The summed E-state index contributed by atoms with van der Waals surface area (Å²) in [6.07, 6.45) is -0.883. The molecule has 1 aromatic rings. The molecule has 0 aliphatic heterocycles. The van der Waals surface area contributed by atoms with Crippen LogP contribution in [0.4, 0.5) is 22.0 Å². The van der Waals surface area contributed by atoms with Crippen LogP contribution in [-0.2, 0) is 6.42 Å². The smallest absolute Gasteiger partial charge is 0.165 e. The molecule has 0 bridgehead atoms. The SMILES string of the molecule is C=C(F)Cc1c(F)c(F)c(C)c(F)c1F. The second-order valence-corrected chi connectivity index (χ2v) is 3.05. The molecule has 5 heteroatoms. The average molecular weight is 222 g/mol. The summed E-state index contributed by atoms with van der Waals surface area (Å²) in [5, 5.41) is 0. The van der Waals surface area contributed by atoms with Crippen LogP contribution in [0, 0.1) is 30.2 Å². The monoisotopic (exact) mass is 222 g/mol. The molecule has 0 atom stereocenters. The van der Waals surface area contributed by atoms with E-state index in [1.54, 1.807) is 0 Å².